The van der Waals surface area contributed by atoms with Gasteiger partial charge in [0.15, 0.2) is 23.0 Å². The highest BCUT2D eigenvalue weighted by Gasteiger charge is 2.33. The predicted octanol–water partition coefficient (Wildman–Crippen LogP) is 5.86. The summed E-state index contributed by atoms with van der Waals surface area (Å²) >= 11 is 6.29. The number of hydrogen-bond acceptors (Lipinski definition) is 8. The van der Waals surface area contributed by atoms with E-state index in [9.17, 15) is 18.0 Å². The van der Waals surface area contributed by atoms with Crippen LogP contribution in [0.2, 0.25) is 5.02 Å². The van der Waals surface area contributed by atoms with E-state index in [1.54, 1.807) is 33.2 Å². The fraction of sp³-hybridized carbons (Fsp3) is 0.440. The van der Waals surface area contributed by atoms with Gasteiger partial charge in [0.1, 0.15) is 5.02 Å². The number of aromatic nitrogens is 4. The first kappa shape index (κ1) is 27.6. The van der Waals surface area contributed by atoms with E-state index < -0.39 is 6.36 Å². The Morgan fingerprint density at radius 2 is 1.92 bits per heavy atom. The van der Waals surface area contributed by atoms with E-state index >= 15 is 0 Å². The van der Waals surface area contributed by atoms with Crippen molar-refractivity contribution in [1.82, 2.24) is 25.1 Å². The molecular weight excluding hydrogens is 523 g/mol. The molecule has 1 aliphatic rings. The average molecular weight is 552 g/mol. The van der Waals surface area contributed by atoms with Crippen molar-refractivity contribution in [2.45, 2.75) is 45.9 Å². The van der Waals surface area contributed by atoms with E-state index in [1.807, 2.05) is 6.92 Å². The molecule has 38 heavy (non-hydrogen) atoms. The molecule has 1 saturated heterocycles. The van der Waals surface area contributed by atoms with Crippen LogP contribution in [-0.4, -0.2) is 45.0 Å². The number of anilines is 4. The Bertz CT molecular complexity index is 1320. The number of nitrogens with one attached hydrogen (secondary N) is 3. The van der Waals surface area contributed by atoms with E-state index in [4.69, 9.17) is 11.6 Å². The minimum atomic E-state index is -4.88. The van der Waals surface area contributed by atoms with Crippen LogP contribution in [-0.2, 0) is 7.05 Å². The molecular formula is C25H29ClF3N7O2. The van der Waals surface area contributed by atoms with Crippen molar-refractivity contribution in [3.63, 3.8) is 0 Å². The van der Waals surface area contributed by atoms with Gasteiger partial charge in [-0.1, -0.05) is 25.4 Å². The predicted molar refractivity (Wildman–Crippen MR) is 139 cm³/mol. The topological polar surface area (TPSA) is 106 Å². The number of benzene rings is 1. The number of carbonyl (C=O) groups excluding carboxylic acids is 1. The Labute approximate surface area is 223 Å². The first-order valence-electron chi connectivity index (χ1n) is 12.2. The number of alkyl halides is 3. The fourth-order valence-electron chi connectivity index (χ4n) is 4.38. The third-order valence-electron chi connectivity index (χ3n) is 6.20. The lowest BCUT2D eigenvalue weighted by molar-refractivity contribution is -0.274. The molecule has 0 atom stereocenters. The van der Waals surface area contributed by atoms with Gasteiger partial charge in [0.05, 0.1) is 17.6 Å². The van der Waals surface area contributed by atoms with E-state index in [0.717, 1.165) is 37.1 Å². The lowest BCUT2D eigenvalue weighted by Crippen LogP contribution is -2.27. The molecule has 2 aromatic heterocycles. The Hall–Kier alpha value is -3.38. The average Bonchev–Trinajstić information content (AvgIpc) is 3.21. The number of ketones is 1. The third kappa shape index (κ3) is 6.54. The van der Waals surface area contributed by atoms with Crippen molar-refractivity contribution in [2.24, 2.45) is 13.0 Å². The zero-order chi connectivity index (χ0) is 27.6. The monoisotopic (exact) mass is 551 g/mol. The molecule has 3 heterocycles. The molecule has 3 aromatic rings. The normalized spacial score (nSPS) is 14.6. The molecule has 0 aliphatic carbocycles. The number of hydrogen-bond donors (Lipinski definition) is 3. The van der Waals surface area contributed by atoms with E-state index in [1.165, 1.54) is 16.9 Å². The molecule has 0 bridgehead atoms. The number of nitrogens with zero attached hydrogens (tertiary/aromatic N) is 4. The second kappa shape index (κ2) is 11.2. The van der Waals surface area contributed by atoms with Crippen LogP contribution in [0.5, 0.6) is 5.75 Å². The quantitative estimate of drug-likeness (QED) is 0.299. The van der Waals surface area contributed by atoms with Gasteiger partial charge in [-0.15, -0.1) is 13.2 Å². The highest BCUT2D eigenvalue weighted by Crippen LogP contribution is 2.39. The smallest absolute Gasteiger partial charge is 0.404 e. The zero-order valence-electron chi connectivity index (χ0n) is 21.4. The molecule has 0 spiro atoms. The summed E-state index contributed by atoms with van der Waals surface area (Å²) in [5, 5.41) is 13.5. The first-order chi connectivity index (χ1) is 17.9. The number of piperidine rings is 1. The summed E-state index contributed by atoms with van der Waals surface area (Å²) in [7, 11) is 1.68. The summed E-state index contributed by atoms with van der Waals surface area (Å²) in [6.07, 6.45) is -0.322. The lowest BCUT2D eigenvalue weighted by Gasteiger charge is -2.26. The number of Topliss-reactive ketones (excluding diaryl/α,β-unsaturated/α-hetero) is 1. The zero-order valence-corrected chi connectivity index (χ0v) is 22.2. The van der Waals surface area contributed by atoms with Gasteiger partial charge < -0.3 is 20.7 Å². The van der Waals surface area contributed by atoms with E-state index in [0.29, 0.717) is 5.69 Å². The molecule has 3 N–H and O–H groups in total. The summed E-state index contributed by atoms with van der Waals surface area (Å²) in [6.45, 7) is 6.98. The van der Waals surface area contributed by atoms with Gasteiger partial charge in [0, 0.05) is 19.2 Å². The van der Waals surface area contributed by atoms with Crippen LogP contribution in [0.15, 0.2) is 24.5 Å². The number of rotatable bonds is 8. The molecule has 1 aliphatic heterocycles. The van der Waals surface area contributed by atoms with Gasteiger partial charge in [-0.3, -0.25) is 9.48 Å². The van der Waals surface area contributed by atoms with Crippen molar-refractivity contribution in [3.05, 3.63) is 46.4 Å². The highest BCUT2D eigenvalue weighted by molar-refractivity contribution is 6.33. The van der Waals surface area contributed by atoms with Crippen molar-refractivity contribution < 1.29 is 22.7 Å². The summed E-state index contributed by atoms with van der Waals surface area (Å²) in [4.78, 5) is 21.0. The molecule has 0 saturated carbocycles. The molecule has 0 amide bonds. The summed E-state index contributed by atoms with van der Waals surface area (Å²) in [5.74, 6) is -0.566. The molecule has 0 unspecified atom stereocenters. The van der Waals surface area contributed by atoms with Crippen LogP contribution in [0, 0.1) is 12.8 Å². The number of ether oxygens (including phenoxy) is 1. The molecule has 0 radical (unpaired) electrons. The minimum absolute atomic E-state index is 0.0152. The van der Waals surface area contributed by atoms with Crippen molar-refractivity contribution in [3.8, 4) is 5.75 Å². The van der Waals surface area contributed by atoms with Crippen LogP contribution in [0.1, 0.15) is 54.2 Å². The van der Waals surface area contributed by atoms with E-state index in [-0.39, 0.29) is 51.5 Å². The molecule has 13 heteroatoms. The molecule has 9 nitrogen and oxygen atoms in total. The summed E-state index contributed by atoms with van der Waals surface area (Å²) in [5.41, 5.74) is 2.31. The molecule has 4 rings (SSSR count). The van der Waals surface area contributed by atoms with Gasteiger partial charge >= 0.3 is 6.36 Å². The van der Waals surface area contributed by atoms with Crippen molar-refractivity contribution in [1.29, 1.82) is 0 Å². The van der Waals surface area contributed by atoms with E-state index in [2.05, 4.69) is 35.8 Å². The van der Waals surface area contributed by atoms with Gasteiger partial charge in [0.25, 0.3) is 0 Å². The fourth-order valence-corrected chi connectivity index (χ4v) is 4.52. The van der Waals surface area contributed by atoms with Crippen LogP contribution in [0.25, 0.3) is 0 Å². The minimum Gasteiger partial charge on any atom is -0.404 e. The molecule has 1 fully saturated rings. The third-order valence-corrected chi connectivity index (χ3v) is 6.48. The maximum atomic E-state index is 13.3. The second-order valence-corrected chi connectivity index (χ2v) is 9.91. The van der Waals surface area contributed by atoms with Gasteiger partial charge in [-0.2, -0.15) is 10.1 Å². The Balaban J connectivity index is 1.66. The molecule has 1 aromatic carbocycles. The maximum absolute atomic E-state index is 13.3. The second-order valence-electron chi connectivity index (χ2n) is 9.50. The Kier molecular flexibility index (Phi) is 8.12. The maximum Gasteiger partial charge on any atom is 0.573 e. The van der Waals surface area contributed by atoms with Crippen LogP contribution >= 0.6 is 11.6 Å². The number of halogens is 4. The Morgan fingerprint density at radius 1 is 1.21 bits per heavy atom. The van der Waals surface area contributed by atoms with Crippen LogP contribution < -0.4 is 20.7 Å². The number of aryl methyl sites for hydroxylation is 2. The first-order valence-corrected chi connectivity index (χ1v) is 12.5. The van der Waals surface area contributed by atoms with Crippen molar-refractivity contribution in [2.75, 3.05) is 23.7 Å². The van der Waals surface area contributed by atoms with Gasteiger partial charge in [-0.05, 0) is 62.0 Å². The lowest BCUT2D eigenvalue weighted by atomic mass is 9.87. The summed E-state index contributed by atoms with van der Waals surface area (Å²) in [6, 6.07) is 3.04. The number of carbonyl (C=O) groups is 1. The van der Waals surface area contributed by atoms with Gasteiger partial charge in [-0.25, -0.2) is 4.98 Å². The van der Waals surface area contributed by atoms with Gasteiger partial charge in [0.2, 0.25) is 5.95 Å². The SMILES string of the molecule is Cc1cc(Nc2ncc(Cl)c(Nc3cn(C)nc3C(=O)C(C)C)n2)c(OC(F)(F)F)cc1C1CCNCC1. The Morgan fingerprint density at radius 3 is 2.58 bits per heavy atom. The van der Waals surface area contributed by atoms with Crippen molar-refractivity contribution >= 4 is 40.5 Å². The largest absolute Gasteiger partial charge is 0.573 e. The molecule has 204 valence electrons. The standard InChI is InChI=1S/C25H29ClF3N7O2/c1-13(2)22(37)21-19(12-36(4)35-21)32-23-17(26)11-31-24(34-23)33-18-9-14(3)16(15-5-7-30-8-6-15)10-20(18)38-25(27,28)29/h9-13,15,30H,5-8H2,1-4H3,(H2,31,32,33,34). The summed E-state index contributed by atoms with van der Waals surface area (Å²) < 4.78 is 45.8. The van der Waals surface area contributed by atoms with Crippen LogP contribution in [0.3, 0.4) is 0 Å². The highest BCUT2D eigenvalue weighted by atomic mass is 35.5. The van der Waals surface area contributed by atoms with Crippen LogP contribution in [0.4, 0.5) is 36.3 Å².